The van der Waals surface area contributed by atoms with Crippen molar-refractivity contribution in [1.82, 2.24) is 9.97 Å². The smallest absolute Gasteiger partial charge is 0.185 e. The highest BCUT2D eigenvalue weighted by Crippen LogP contribution is 2.22. The average molecular weight is 317 g/mol. The van der Waals surface area contributed by atoms with Gasteiger partial charge in [-0.2, -0.15) is 5.26 Å². The Kier molecular flexibility index (Phi) is 4.37. The van der Waals surface area contributed by atoms with Crippen LogP contribution in [0.1, 0.15) is 21.6 Å². The Morgan fingerprint density at radius 3 is 2.70 bits per heavy atom. The highest BCUT2D eigenvalue weighted by molar-refractivity contribution is 7.13. The summed E-state index contributed by atoms with van der Waals surface area (Å²) in [5.41, 5.74) is 2.61. The molecule has 0 radical (unpaired) electrons. The number of carbonyl (C=O) groups is 1. The summed E-state index contributed by atoms with van der Waals surface area (Å²) in [6.07, 6.45) is 4.89. The summed E-state index contributed by atoms with van der Waals surface area (Å²) >= 11 is 1.48. The van der Waals surface area contributed by atoms with Gasteiger partial charge in [-0.25, -0.2) is 4.98 Å². The van der Waals surface area contributed by atoms with Gasteiger partial charge in [-0.15, -0.1) is 11.3 Å². The minimum absolute atomic E-state index is 0.123. The first-order valence-electron chi connectivity index (χ1n) is 6.86. The maximum atomic E-state index is 12.1. The van der Waals surface area contributed by atoms with Crippen molar-refractivity contribution >= 4 is 23.2 Å². The zero-order chi connectivity index (χ0) is 16.1. The molecule has 0 atom stereocenters. The highest BCUT2D eigenvalue weighted by Gasteiger charge is 2.05. The molecule has 3 aromatic rings. The van der Waals surface area contributed by atoms with Gasteiger partial charge in [0.2, 0.25) is 0 Å². The third-order valence-corrected chi connectivity index (χ3v) is 3.99. The van der Waals surface area contributed by atoms with E-state index in [4.69, 9.17) is 5.26 Å². The molecule has 0 saturated carbocycles. The van der Waals surface area contributed by atoms with Gasteiger partial charge in [0, 0.05) is 17.1 Å². The predicted molar refractivity (Wildman–Crippen MR) is 89.9 cm³/mol. The first-order chi connectivity index (χ1) is 11.3. The maximum Gasteiger partial charge on any atom is 0.185 e. The second kappa shape index (κ2) is 6.77. The van der Waals surface area contributed by atoms with Crippen LogP contribution in [-0.4, -0.2) is 15.8 Å². The van der Waals surface area contributed by atoms with Crippen molar-refractivity contribution < 1.29 is 4.79 Å². The molecule has 0 spiro atoms. The molecule has 1 aromatic carbocycles. The van der Waals surface area contributed by atoms with Crippen LogP contribution in [-0.2, 0) is 0 Å². The molecule has 110 valence electrons. The molecule has 2 aromatic heterocycles. The molecule has 0 aliphatic carbocycles. The van der Waals surface area contributed by atoms with Crippen LogP contribution < -0.4 is 0 Å². The van der Waals surface area contributed by atoms with Gasteiger partial charge in [-0.05, 0) is 48.6 Å². The molecule has 0 unspecified atom stereocenters. The van der Waals surface area contributed by atoms with Crippen LogP contribution in [0.3, 0.4) is 0 Å². The highest BCUT2D eigenvalue weighted by atomic mass is 32.1. The maximum absolute atomic E-state index is 12.1. The number of nitriles is 1. The molecule has 3 rings (SSSR count). The molecule has 0 aliphatic rings. The molecule has 0 bridgehead atoms. The van der Waals surface area contributed by atoms with Crippen molar-refractivity contribution in [3.8, 4) is 16.8 Å². The Labute approximate surface area is 137 Å². The quantitative estimate of drug-likeness (QED) is 0.539. The average Bonchev–Trinajstić information content (AvgIpc) is 3.09. The molecule has 5 heteroatoms. The molecule has 23 heavy (non-hydrogen) atoms. The summed E-state index contributed by atoms with van der Waals surface area (Å²) in [6.45, 7) is 0. The van der Waals surface area contributed by atoms with E-state index in [0.29, 0.717) is 11.1 Å². The van der Waals surface area contributed by atoms with E-state index in [1.54, 1.807) is 36.5 Å². The Morgan fingerprint density at radius 2 is 2.00 bits per heavy atom. The number of hydrogen-bond donors (Lipinski definition) is 0. The zero-order valence-electron chi connectivity index (χ0n) is 12.0. The Bertz CT molecular complexity index is 890. The Morgan fingerprint density at radius 1 is 1.17 bits per heavy atom. The van der Waals surface area contributed by atoms with E-state index in [-0.39, 0.29) is 5.78 Å². The number of ketones is 1. The summed E-state index contributed by atoms with van der Waals surface area (Å²) in [6, 6.07) is 14.2. The van der Waals surface area contributed by atoms with E-state index in [2.05, 4.69) is 9.97 Å². The van der Waals surface area contributed by atoms with E-state index >= 15 is 0 Å². The summed E-state index contributed by atoms with van der Waals surface area (Å²) in [4.78, 5) is 20.8. The Balaban J connectivity index is 1.74. The van der Waals surface area contributed by atoms with Gasteiger partial charge in [0.05, 0.1) is 23.0 Å². The number of aromatic nitrogens is 2. The molecular weight excluding hydrogens is 306 g/mol. The molecule has 0 N–H and O–H groups in total. The van der Waals surface area contributed by atoms with Gasteiger partial charge in [0.25, 0.3) is 0 Å². The third-order valence-electron chi connectivity index (χ3n) is 3.11. The summed E-state index contributed by atoms with van der Waals surface area (Å²) in [7, 11) is 0. The van der Waals surface area contributed by atoms with Gasteiger partial charge >= 0.3 is 0 Å². The van der Waals surface area contributed by atoms with E-state index in [9.17, 15) is 4.79 Å². The fraction of sp³-hybridized carbons (Fsp3) is 0. The largest absolute Gasteiger partial charge is 0.289 e. The molecule has 2 heterocycles. The second-order valence-electron chi connectivity index (χ2n) is 4.68. The van der Waals surface area contributed by atoms with Crippen LogP contribution in [0.4, 0.5) is 0 Å². The number of thiazole rings is 1. The molecule has 4 nitrogen and oxygen atoms in total. The number of allylic oxidation sites excluding steroid dienone is 1. The van der Waals surface area contributed by atoms with Crippen LogP contribution >= 0.6 is 11.3 Å². The van der Waals surface area contributed by atoms with Crippen LogP contribution in [0.25, 0.3) is 16.8 Å². The lowest BCUT2D eigenvalue weighted by Gasteiger charge is -1.95. The van der Waals surface area contributed by atoms with Gasteiger partial charge in [-0.3, -0.25) is 9.78 Å². The lowest BCUT2D eigenvalue weighted by molar-refractivity contribution is 0.104. The monoisotopic (exact) mass is 317 g/mol. The van der Waals surface area contributed by atoms with Crippen molar-refractivity contribution in [3.05, 3.63) is 76.9 Å². The number of pyridine rings is 1. The standard InChI is InChI=1S/C18H11N3OS/c19-11-13-4-6-14(7-5-13)17(22)9-8-15-12-23-18(21-15)16-3-1-2-10-20-16/h1-10,12H/b9-8+. The van der Waals surface area contributed by atoms with E-state index in [1.807, 2.05) is 29.6 Å². The number of rotatable bonds is 4. The zero-order valence-corrected chi connectivity index (χ0v) is 12.8. The molecular formula is C18H11N3OS. The summed E-state index contributed by atoms with van der Waals surface area (Å²) in [5.74, 6) is -0.123. The van der Waals surface area contributed by atoms with Crippen molar-refractivity contribution in [3.63, 3.8) is 0 Å². The van der Waals surface area contributed by atoms with Crippen molar-refractivity contribution in [1.29, 1.82) is 5.26 Å². The van der Waals surface area contributed by atoms with Crippen molar-refractivity contribution in [2.45, 2.75) is 0 Å². The molecule has 0 amide bonds. The number of carbonyl (C=O) groups excluding carboxylic acids is 1. The van der Waals surface area contributed by atoms with Crippen molar-refractivity contribution in [2.75, 3.05) is 0 Å². The number of hydrogen-bond acceptors (Lipinski definition) is 5. The topological polar surface area (TPSA) is 66.6 Å². The normalized spacial score (nSPS) is 10.6. The first-order valence-corrected chi connectivity index (χ1v) is 7.74. The minimum Gasteiger partial charge on any atom is -0.289 e. The van der Waals surface area contributed by atoms with Crippen LogP contribution in [0.15, 0.2) is 60.1 Å². The van der Waals surface area contributed by atoms with Crippen LogP contribution in [0, 0.1) is 11.3 Å². The van der Waals surface area contributed by atoms with Crippen LogP contribution in [0.2, 0.25) is 0 Å². The van der Waals surface area contributed by atoms with Crippen molar-refractivity contribution in [2.24, 2.45) is 0 Å². The summed E-state index contributed by atoms with van der Waals surface area (Å²) < 4.78 is 0. The predicted octanol–water partition coefficient (Wildman–Crippen LogP) is 3.97. The molecule has 0 fully saturated rings. The van der Waals surface area contributed by atoms with Gasteiger partial charge < -0.3 is 0 Å². The second-order valence-corrected chi connectivity index (χ2v) is 5.54. The molecule has 0 aliphatic heterocycles. The van der Waals surface area contributed by atoms with Gasteiger partial charge in [0.15, 0.2) is 5.78 Å². The molecule has 0 saturated heterocycles. The van der Waals surface area contributed by atoms with Gasteiger partial charge in [-0.1, -0.05) is 6.07 Å². The number of benzene rings is 1. The van der Waals surface area contributed by atoms with E-state index in [0.717, 1.165) is 16.4 Å². The lowest BCUT2D eigenvalue weighted by atomic mass is 10.1. The number of nitrogens with zero attached hydrogens (tertiary/aromatic N) is 3. The van der Waals surface area contributed by atoms with E-state index in [1.165, 1.54) is 17.4 Å². The van der Waals surface area contributed by atoms with E-state index < -0.39 is 0 Å². The minimum atomic E-state index is -0.123. The SMILES string of the molecule is N#Cc1ccc(C(=O)/C=C/c2csc(-c3ccccn3)n2)cc1. The first kappa shape index (κ1) is 14.8. The lowest BCUT2D eigenvalue weighted by Crippen LogP contribution is -1.93. The third kappa shape index (κ3) is 3.57. The van der Waals surface area contributed by atoms with Crippen LogP contribution in [0.5, 0.6) is 0 Å². The summed E-state index contributed by atoms with van der Waals surface area (Å²) in [5, 5.41) is 11.5. The van der Waals surface area contributed by atoms with Gasteiger partial charge in [0.1, 0.15) is 5.01 Å². The fourth-order valence-electron chi connectivity index (χ4n) is 1.94. The fourth-order valence-corrected chi connectivity index (χ4v) is 2.70. The Hall–Kier alpha value is -3.10.